The largest absolute Gasteiger partial charge is 0.413 e. The Balaban J connectivity index is 4.16. The standard InChI is InChI=1S/C13H27OSi/c1-4-7-10-13(14-15,11-8-5-2)12-9-6-3/h4-12H2,1-3H3. The highest BCUT2D eigenvalue weighted by Gasteiger charge is 2.26. The van der Waals surface area contributed by atoms with E-state index in [1.165, 1.54) is 57.8 Å². The Morgan fingerprint density at radius 2 is 1.13 bits per heavy atom. The van der Waals surface area contributed by atoms with E-state index >= 15 is 0 Å². The summed E-state index contributed by atoms with van der Waals surface area (Å²) in [6.45, 7) is 6.74. The van der Waals surface area contributed by atoms with E-state index < -0.39 is 0 Å². The maximum atomic E-state index is 5.65. The van der Waals surface area contributed by atoms with Gasteiger partial charge in [0, 0.05) is 0 Å². The Morgan fingerprint density at radius 3 is 1.33 bits per heavy atom. The van der Waals surface area contributed by atoms with Crippen LogP contribution in [0, 0.1) is 0 Å². The van der Waals surface area contributed by atoms with Gasteiger partial charge in [0.1, 0.15) is 0 Å². The van der Waals surface area contributed by atoms with Crippen molar-refractivity contribution < 1.29 is 4.43 Å². The molecule has 0 heterocycles. The first-order chi connectivity index (χ1) is 7.24. The summed E-state index contributed by atoms with van der Waals surface area (Å²) in [6, 6.07) is 0. The molecular formula is C13H27OSi. The third kappa shape index (κ3) is 6.36. The van der Waals surface area contributed by atoms with Crippen LogP contribution in [-0.2, 0) is 4.43 Å². The first kappa shape index (κ1) is 15.2. The molecule has 0 aromatic heterocycles. The summed E-state index contributed by atoms with van der Waals surface area (Å²) in [7, 11) is 3.31. The van der Waals surface area contributed by atoms with Crippen molar-refractivity contribution >= 4 is 10.5 Å². The summed E-state index contributed by atoms with van der Waals surface area (Å²) >= 11 is 0. The number of hydrogen-bond donors (Lipinski definition) is 0. The van der Waals surface area contributed by atoms with Crippen molar-refractivity contribution in [3.05, 3.63) is 0 Å². The molecule has 89 valence electrons. The van der Waals surface area contributed by atoms with E-state index in [4.69, 9.17) is 4.43 Å². The molecule has 0 saturated heterocycles. The second-order valence-corrected chi connectivity index (χ2v) is 4.80. The molecule has 0 N–H and O–H groups in total. The van der Waals surface area contributed by atoms with Crippen molar-refractivity contribution in [2.75, 3.05) is 0 Å². The zero-order valence-corrected chi connectivity index (χ0v) is 11.8. The predicted octanol–water partition coefficient (Wildman–Crippen LogP) is 4.40. The normalized spacial score (nSPS) is 12.0. The van der Waals surface area contributed by atoms with Gasteiger partial charge >= 0.3 is 0 Å². The van der Waals surface area contributed by atoms with Gasteiger partial charge in [0.05, 0.1) is 5.60 Å². The minimum absolute atomic E-state index is 0.110. The van der Waals surface area contributed by atoms with Gasteiger partial charge in [0.2, 0.25) is 10.5 Å². The molecular weight excluding hydrogens is 200 g/mol. The van der Waals surface area contributed by atoms with Gasteiger partial charge in [-0.1, -0.05) is 59.3 Å². The fourth-order valence-electron chi connectivity index (χ4n) is 2.02. The molecule has 0 aliphatic heterocycles. The molecule has 0 unspecified atom stereocenters. The van der Waals surface area contributed by atoms with Crippen molar-refractivity contribution in [1.29, 1.82) is 0 Å². The SMILES string of the molecule is CCCCC(CCCC)(CCCC)O[Si]. The second-order valence-electron chi connectivity index (χ2n) is 4.60. The summed E-state index contributed by atoms with van der Waals surface area (Å²) in [6.07, 6.45) is 11.2. The van der Waals surface area contributed by atoms with E-state index in [1.807, 2.05) is 0 Å². The highest BCUT2D eigenvalue weighted by molar-refractivity contribution is 5.98. The molecule has 0 fully saturated rings. The molecule has 0 atom stereocenters. The highest BCUT2D eigenvalue weighted by Crippen LogP contribution is 2.30. The Bertz CT molecular complexity index is 115. The van der Waals surface area contributed by atoms with Gasteiger partial charge in [-0.05, 0) is 19.3 Å². The van der Waals surface area contributed by atoms with Gasteiger partial charge in [0.15, 0.2) is 0 Å². The molecule has 3 radical (unpaired) electrons. The molecule has 0 bridgehead atoms. The van der Waals surface area contributed by atoms with E-state index in [-0.39, 0.29) is 5.60 Å². The van der Waals surface area contributed by atoms with Crippen LogP contribution in [0.4, 0.5) is 0 Å². The molecule has 0 saturated carbocycles. The Morgan fingerprint density at radius 1 is 0.800 bits per heavy atom. The molecule has 0 aromatic carbocycles. The Hall–Kier alpha value is 0.177. The molecule has 0 spiro atoms. The lowest BCUT2D eigenvalue weighted by Gasteiger charge is -2.33. The first-order valence-electron chi connectivity index (χ1n) is 6.59. The van der Waals surface area contributed by atoms with Crippen molar-refractivity contribution in [3.8, 4) is 0 Å². The molecule has 0 aliphatic rings. The monoisotopic (exact) mass is 227 g/mol. The lowest BCUT2D eigenvalue weighted by Crippen LogP contribution is -2.32. The minimum Gasteiger partial charge on any atom is -0.413 e. The van der Waals surface area contributed by atoms with E-state index in [0.717, 1.165) is 0 Å². The smallest absolute Gasteiger partial charge is 0.247 e. The molecule has 1 nitrogen and oxygen atoms in total. The zero-order chi connectivity index (χ0) is 11.6. The third-order valence-electron chi connectivity index (χ3n) is 3.17. The van der Waals surface area contributed by atoms with Crippen LogP contribution in [-0.4, -0.2) is 16.1 Å². The lowest BCUT2D eigenvalue weighted by atomic mass is 9.86. The number of rotatable bonds is 10. The average molecular weight is 227 g/mol. The van der Waals surface area contributed by atoms with Crippen LogP contribution in [0.25, 0.3) is 0 Å². The van der Waals surface area contributed by atoms with Crippen LogP contribution in [0.1, 0.15) is 78.6 Å². The highest BCUT2D eigenvalue weighted by atomic mass is 28.2. The Kier molecular flexibility index (Phi) is 9.52. The third-order valence-corrected chi connectivity index (χ3v) is 3.61. The first-order valence-corrected chi connectivity index (χ1v) is 7.00. The predicted molar refractivity (Wildman–Crippen MR) is 68.1 cm³/mol. The summed E-state index contributed by atoms with van der Waals surface area (Å²) in [5, 5.41) is 0. The van der Waals surface area contributed by atoms with Crippen molar-refractivity contribution in [2.45, 2.75) is 84.2 Å². The van der Waals surface area contributed by atoms with Crippen LogP contribution in [0.5, 0.6) is 0 Å². The summed E-state index contributed by atoms with van der Waals surface area (Å²) < 4.78 is 5.65. The average Bonchev–Trinajstić information content (AvgIpc) is 2.29. The molecule has 0 rings (SSSR count). The van der Waals surface area contributed by atoms with Gasteiger partial charge in [-0.25, -0.2) is 0 Å². The van der Waals surface area contributed by atoms with Crippen LogP contribution in [0.2, 0.25) is 0 Å². The molecule has 0 amide bonds. The number of hydrogen-bond acceptors (Lipinski definition) is 1. The maximum absolute atomic E-state index is 5.65. The van der Waals surface area contributed by atoms with Gasteiger partial charge in [-0.3, -0.25) is 0 Å². The van der Waals surface area contributed by atoms with Crippen LogP contribution < -0.4 is 0 Å². The van der Waals surface area contributed by atoms with E-state index in [0.29, 0.717) is 0 Å². The summed E-state index contributed by atoms with van der Waals surface area (Å²) in [5.74, 6) is 0. The molecule has 15 heavy (non-hydrogen) atoms. The summed E-state index contributed by atoms with van der Waals surface area (Å²) in [5.41, 5.74) is 0.110. The van der Waals surface area contributed by atoms with Gasteiger partial charge in [-0.15, -0.1) is 0 Å². The van der Waals surface area contributed by atoms with E-state index in [1.54, 1.807) is 0 Å². The fourth-order valence-corrected chi connectivity index (χ4v) is 2.33. The lowest BCUT2D eigenvalue weighted by molar-refractivity contribution is 0.0438. The topological polar surface area (TPSA) is 9.23 Å². The second kappa shape index (κ2) is 9.41. The van der Waals surface area contributed by atoms with Crippen molar-refractivity contribution in [2.24, 2.45) is 0 Å². The van der Waals surface area contributed by atoms with Crippen LogP contribution in [0.15, 0.2) is 0 Å². The van der Waals surface area contributed by atoms with Gasteiger partial charge < -0.3 is 4.43 Å². The van der Waals surface area contributed by atoms with Crippen molar-refractivity contribution in [3.63, 3.8) is 0 Å². The van der Waals surface area contributed by atoms with E-state index in [9.17, 15) is 0 Å². The van der Waals surface area contributed by atoms with E-state index in [2.05, 4.69) is 31.3 Å². The zero-order valence-electron chi connectivity index (χ0n) is 10.8. The minimum atomic E-state index is 0.110. The maximum Gasteiger partial charge on any atom is 0.247 e. The molecule has 0 aliphatic carbocycles. The summed E-state index contributed by atoms with van der Waals surface area (Å²) in [4.78, 5) is 0. The number of unbranched alkanes of at least 4 members (excludes halogenated alkanes) is 3. The molecule has 2 heteroatoms. The van der Waals surface area contributed by atoms with Crippen LogP contribution in [0.3, 0.4) is 0 Å². The van der Waals surface area contributed by atoms with Crippen molar-refractivity contribution in [1.82, 2.24) is 0 Å². The van der Waals surface area contributed by atoms with Gasteiger partial charge in [-0.2, -0.15) is 0 Å². The van der Waals surface area contributed by atoms with Gasteiger partial charge in [0.25, 0.3) is 0 Å². The Labute approximate surface area is 99.5 Å². The quantitative estimate of drug-likeness (QED) is 0.503. The van der Waals surface area contributed by atoms with Crippen LogP contribution >= 0.6 is 0 Å². The molecule has 0 aromatic rings. The fraction of sp³-hybridized carbons (Fsp3) is 1.00.